The van der Waals surface area contributed by atoms with Crippen LogP contribution in [0.25, 0.3) is 0 Å². The molecule has 3 aliphatic rings. The minimum atomic E-state index is 0.139. The third kappa shape index (κ3) is 2.12. The summed E-state index contributed by atoms with van der Waals surface area (Å²) in [5, 5.41) is 0. The average Bonchev–Trinajstić information content (AvgIpc) is 2.93. The largest absolute Gasteiger partial charge is 0.373 e. The Hall–Kier alpha value is -0.500. The Kier molecular flexibility index (Phi) is 2.55. The van der Waals surface area contributed by atoms with Gasteiger partial charge in [0.15, 0.2) is 0 Å². The third-order valence-corrected chi connectivity index (χ3v) is 4.47. The molecule has 0 N–H and O–H groups in total. The zero-order valence-electron chi connectivity index (χ0n) is 11.5. The van der Waals surface area contributed by atoms with Crippen molar-refractivity contribution >= 4 is 0 Å². The summed E-state index contributed by atoms with van der Waals surface area (Å²) in [5.41, 5.74) is 1.93. The van der Waals surface area contributed by atoms with Gasteiger partial charge in [0.25, 0.3) is 0 Å². The summed E-state index contributed by atoms with van der Waals surface area (Å²) in [4.78, 5) is 2.60. The smallest absolute Gasteiger partial charge is 0.126 e. The molecule has 0 spiro atoms. The fourth-order valence-electron chi connectivity index (χ4n) is 3.76. The maximum Gasteiger partial charge on any atom is 0.126 e. The van der Waals surface area contributed by atoms with Gasteiger partial charge in [-0.15, -0.1) is 0 Å². The van der Waals surface area contributed by atoms with Gasteiger partial charge in [0.1, 0.15) is 6.10 Å². The lowest BCUT2D eigenvalue weighted by Gasteiger charge is -2.34. The topological polar surface area (TPSA) is 15.8 Å². The van der Waals surface area contributed by atoms with Gasteiger partial charge in [-0.1, -0.05) is 32.8 Å². The van der Waals surface area contributed by atoms with Crippen molar-refractivity contribution < 1.29 is 4.74 Å². The van der Waals surface area contributed by atoms with Crippen LogP contribution in [0, 0.1) is 5.41 Å². The monoisotopic (exact) mass is 235 g/mol. The van der Waals surface area contributed by atoms with Crippen molar-refractivity contribution in [1.29, 1.82) is 0 Å². The molecule has 0 saturated carbocycles. The molecule has 2 fully saturated rings. The summed E-state index contributed by atoms with van der Waals surface area (Å²) >= 11 is 0. The van der Waals surface area contributed by atoms with Gasteiger partial charge in [0.05, 0.1) is 5.60 Å². The second kappa shape index (κ2) is 3.74. The van der Waals surface area contributed by atoms with Crippen molar-refractivity contribution in [3.63, 3.8) is 0 Å². The fraction of sp³-hybridized carbons (Fsp3) is 0.867. The van der Waals surface area contributed by atoms with E-state index >= 15 is 0 Å². The van der Waals surface area contributed by atoms with Crippen LogP contribution in [0.5, 0.6) is 0 Å². The molecular formula is C15H25NO. The first kappa shape index (κ1) is 11.6. The summed E-state index contributed by atoms with van der Waals surface area (Å²) in [7, 11) is 0. The summed E-state index contributed by atoms with van der Waals surface area (Å²) in [6.07, 6.45) is 9.54. The molecule has 0 aromatic heterocycles. The second-order valence-corrected chi connectivity index (χ2v) is 6.95. The van der Waals surface area contributed by atoms with Crippen LogP contribution in [-0.2, 0) is 4.74 Å². The molecule has 2 aliphatic heterocycles. The third-order valence-electron chi connectivity index (χ3n) is 4.47. The maximum atomic E-state index is 6.00. The highest BCUT2D eigenvalue weighted by Crippen LogP contribution is 2.54. The Bertz CT molecular complexity index is 339. The van der Waals surface area contributed by atoms with Crippen molar-refractivity contribution in [3.05, 3.63) is 11.8 Å². The first-order valence-corrected chi connectivity index (χ1v) is 7.16. The van der Waals surface area contributed by atoms with Crippen LogP contribution in [0.1, 0.15) is 52.9 Å². The highest BCUT2D eigenvalue weighted by atomic mass is 16.6. The standard InChI is InChI=1S/C15H25NO/c1-14(2)10-12(13-15(3,11-14)17-13)16-8-6-4-5-7-9-16/h10,13H,4-9,11H2,1-3H3. The van der Waals surface area contributed by atoms with E-state index in [1.54, 1.807) is 0 Å². The molecule has 2 saturated heterocycles. The Morgan fingerprint density at radius 2 is 1.76 bits per heavy atom. The molecular weight excluding hydrogens is 210 g/mol. The lowest BCUT2D eigenvalue weighted by Crippen LogP contribution is -2.35. The van der Waals surface area contributed by atoms with E-state index in [0.717, 1.165) is 0 Å². The first-order chi connectivity index (χ1) is 8.00. The van der Waals surface area contributed by atoms with E-state index in [1.165, 1.54) is 50.9 Å². The predicted molar refractivity (Wildman–Crippen MR) is 69.8 cm³/mol. The molecule has 0 aromatic rings. The number of hydrogen-bond acceptors (Lipinski definition) is 2. The van der Waals surface area contributed by atoms with E-state index in [9.17, 15) is 0 Å². The quantitative estimate of drug-likeness (QED) is 0.648. The fourth-order valence-corrected chi connectivity index (χ4v) is 3.76. The lowest BCUT2D eigenvalue weighted by molar-refractivity contribution is 0.252. The average molecular weight is 235 g/mol. The van der Waals surface area contributed by atoms with Gasteiger partial charge in [-0.3, -0.25) is 0 Å². The number of nitrogens with zero attached hydrogens (tertiary/aromatic N) is 1. The summed E-state index contributed by atoms with van der Waals surface area (Å²) < 4.78 is 6.00. The Morgan fingerprint density at radius 1 is 1.12 bits per heavy atom. The van der Waals surface area contributed by atoms with Crippen molar-refractivity contribution in [2.75, 3.05) is 13.1 Å². The van der Waals surface area contributed by atoms with Crippen LogP contribution < -0.4 is 0 Å². The number of ether oxygens (including phenoxy) is 1. The number of likely N-dealkylation sites (tertiary alicyclic amines) is 1. The molecule has 96 valence electrons. The number of rotatable bonds is 1. The Morgan fingerprint density at radius 3 is 2.41 bits per heavy atom. The zero-order chi connectivity index (χ0) is 12.1. The maximum absolute atomic E-state index is 6.00. The normalized spacial score (nSPS) is 40.3. The summed E-state index contributed by atoms with van der Waals surface area (Å²) in [6, 6.07) is 0. The molecule has 17 heavy (non-hydrogen) atoms. The molecule has 2 heterocycles. The molecule has 2 heteroatoms. The van der Waals surface area contributed by atoms with Crippen LogP contribution in [0.4, 0.5) is 0 Å². The van der Waals surface area contributed by atoms with Gasteiger partial charge in [-0.25, -0.2) is 0 Å². The van der Waals surface area contributed by atoms with Crippen LogP contribution in [0.3, 0.4) is 0 Å². The molecule has 2 atom stereocenters. The van der Waals surface area contributed by atoms with E-state index in [4.69, 9.17) is 4.74 Å². The number of epoxide rings is 1. The van der Waals surface area contributed by atoms with E-state index in [2.05, 4.69) is 31.7 Å². The highest BCUT2D eigenvalue weighted by molar-refractivity contribution is 5.29. The van der Waals surface area contributed by atoms with E-state index < -0.39 is 0 Å². The summed E-state index contributed by atoms with van der Waals surface area (Å²) in [5.74, 6) is 0. The van der Waals surface area contributed by atoms with Gasteiger partial charge < -0.3 is 9.64 Å². The van der Waals surface area contributed by atoms with Gasteiger partial charge in [0.2, 0.25) is 0 Å². The molecule has 2 nitrogen and oxygen atoms in total. The van der Waals surface area contributed by atoms with Crippen LogP contribution in [-0.4, -0.2) is 29.7 Å². The SMILES string of the molecule is CC1(C)C=C(N2CCCCCC2)C2OC2(C)C1. The van der Waals surface area contributed by atoms with Gasteiger partial charge in [0, 0.05) is 18.8 Å². The molecule has 1 aliphatic carbocycles. The zero-order valence-corrected chi connectivity index (χ0v) is 11.5. The molecule has 2 unspecified atom stereocenters. The van der Waals surface area contributed by atoms with E-state index in [-0.39, 0.29) is 5.60 Å². The van der Waals surface area contributed by atoms with E-state index in [0.29, 0.717) is 11.5 Å². The van der Waals surface area contributed by atoms with Gasteiger partial charge in [-0.05, 0) is 31.6 Å². The number of hydrogen-bond donors (Lipinski definition) is 0. The molecule has 0 aromatic carbocycles. The molecule has 0 amide bonds. The van der Waals surface area contributed by atoms with Crippen LogP contribution in [0.2, 0.25) is 0 Å². The molecule has 0 bridgehead atoms. The number of allylic oxidation sites excluding steroid dienone is 1. The van der Waals surface area contributed by atoms with Crippen molar-refractivity contribution in [3.8, 4) is 0 Å². The van der Waals surface area contributed by atoms with Crippen molar-refractivity contribution in [2.24, 2.45) is 5.41 Å². The van der Waals surface area contributed by atoms with Crippen LogP contribution >= 0.6 is 0 Å². The number of fused-ring (bicyclic) bond motifs is 1. The van der Waals surface area contributed by atoms with E-state index in [1.807, 2.05) is 0 Å². The summed E-state index contributed by atoms with van der Waals surface area (Å²) in [6.45, 7) is 9.43. The van der Waals surface area contributed by atoms with Gasteiger partial charge >= 0.3 is 0 Å². The first-order valence-electron chi connectivity index (χ1n) is 7.16. The minimum absolute atomic E-state index is 0.139. The molecule has 3 rings (SSSR count). The molecule has 0 radical (unpaired) electrons. The Balaban J connectivity index is 1.83. The van der Waals surface area contributed by atoms with Gasteiger partial charge in [-0.2, -0.15) is 0 Å². The second-order valence-electron chi connectivity index (χ2n) is 6.95. The minimum Gasteiger partial charge on any atom is -0.373 e. The van der Waals surface area contributed by atoms with Crippen molar-refractivity contribution in [1.82, 2.24) is 4.90 Å². The Labute approximate surface area is 105 Å². The predicted octanol–water partition coefficient (Wildman–Crippen LogP) is 3.33. The highest BCUT2D eigenvalue weighted by Gasteiger charge is 2.59. The van der Waals surface area contributed by atoms with Crippen LogP contribution in [0.15, 0.2) is 11.8 Å². The van der Waals surface area contributed by atoms with Crippen molar-refractivity contribution in [2.45, 2.75) is 64.6 Å². The lowest BCUT2D eigenvalue weighted by atomic mass is 9.76.